The topological polar surface area (TPSA) is 38.5 Å². The Morgan fingerprint density at radius 3 is 2.95 bits per heavy atom. The molecule has 0 fully saturated rings. The molecule has 1 aliphatic rings. The van der Waals surface area contributed by atoms with Crippen molar-refractivity contribution in [3.05, 3.63) is 52.8 Å². The molecule has 2 aromatic rings. The van der Waals surface area contributed by atoms with Crippen LogP contribution in [-0.2, 0) is 6.54 Å². The van der Waals surface area contributed by atoms with Gasteiger partial charge in [0.25, 0.3) is 0 Å². The van der Waals surface area contributed by atoms with Gasteiger partial charge in [0.05, 0.1) is 12.2 Å². The van der Waals surface area contributed by atoms with E-state index in [1.807, 2.05) is 24.0 Å². The summed E-state index contributed by atoms with van der Waals surface area (Å²) in [5.74, 6) is 0.461. The summed E-state index contributed by atoms with van der Waals surface area (Å²) in [6.07, 6.45) is 0.0201. The van der Waals surface area contributed by atoms with Gasteiger partial charge in [-0.05, 0) is 37.3 Å². The molecule has 3 nitrogen and oxygen atoms in total. The molecule has 2 N–H and O–H groups in total. The number of anilines is 2. The molecule has 1 unspecified atom stereocenters. The Hall–Kier alpha value is -1.94. The van der Waals surface area contributed by atoms with Gasteiger partial charge in [-0.3, -0.25) is 0 Å². The minimum atomic E-state index is -0.299. The molecule has 0 aromatic heterocycles. The van der Waals surface area contributed by atoms with E-state index >= 15 is 0 Å². The van der Waals surface area contributed by atoms with Gasteiger partial charge in [0.2, 0.25) is 0 Å². The van der Waals surface area contributed by atoms with Crippen molar-refractivity contribution in [2.24, 2.45) is 0 Å². The molecule has 5 heteroatoms. The fourth-order valence-corrected chi connectivity index (χ4v) is 2.79. The first kappa shape index (κ1) is 14.0. The number of rotatable bonds is 2. The summed E-state index contributed by atoms with van der Waals surface area (Å²) in [5.41, 5.74) is 7.85. The molecular formula is C16H16ClFN2O. The summed E-state index contributed by atoms with van der Waals surface area (Å²) in [5, 5.41) is 0.430. The van der Waals surface area contributed by atoms with Crippen LogP contribution >= 0.6 is 11.6 Å². The lowest BCUT2D eigenvalue weighted by Crippen LogP contribution is -2.38. The Kier molecular flexibility index (Phi) is 3.64. The summed E-state index contributed by atoms with van der Waals surface area (Å²) in [4.78, 5) is 2.05. The van der Waals surface area contributed by atoms with E-state index in [2.05, 4.69) is 0 Å². The van der Waals surface area contributed by atoms with Crippen LogP contribution in [0.2, 0.25) is 5.02 Å². The van der Waals surface area contributed by atoms with Crippen LogP contribution in [0.25, 0.3) is 0 Å². The number of benzene rings is 2. The third-order valence-electron chi connectivity index (χ3n) is 3.54. The van der Waals surface area contributed by atoms with Crippen LogP contribution in [0.15, 0.2) is 36.4 Å². The van der Waals surface area contributed by atoms with E-state index in [9.17, 15) is 4.39 Å². The SMILES string of the molecule is CC1CN(Cc2c(F)cccc2Cl)c2cc(N)ccc2O1. The summed E-state index contributed by atoms with van der Waals surface area (Å²) in [7, 11) is 0. The van der Waals surface area contributed by atoms with Crippen molar-refractivity contribution in [1.29, 1.82) is 0 Å². The Morgan fingerprint density at radius 2 is 2.19 bits per heavy atom. The number of nitrogens with two attached hydrogens (primary N) is 1. The predicted octanol–water partition coefficient (Wildman–Crippen LogP) is 3.85. The Morgan fingerprint density at radius 1 is 1.38 bits per heavy atom. The smallest absolute Gasteiger partial charge is 0.143 e. The van der Waals surface area contributed by atoms with Gasteiger partial charge in [0.15, 0.2) is 0 Å². The number of nitrogen functional groups attached to an aromatic ring is 1. The van der Waals surface area contributed by atoms with Gasteiger partial charge in [0, 0.05) is 22.8 Å². The molecule has 0 radical (unpaired) electrons. The molecular weight excluding hydrogens is 291 g/mol. The molecule has 1 heterocycles. The molecule has 0 bridgehead atoms. The number of hydrogen-bond acceptors (Lipinski definition) is 3. The lowest BCUT2D eigenvalue weighted by molar-refractivity contribution is 0.212. The van der Waals surface area contributed by atoms with Gasteiger partial charge in [0.1, 0.15) is 17.7 Å². The molecule has 0 aliphatic carbocycles. The maximum absolute atomic E-state index is 14.0. The van der Waals surface area contributed by atoms with E-state index < -0.39 is 0 Å². The van der Waals surface area contributed by atoms with Crippen molar-refractivity contribution in [3.8, 4) is 5.75 Å². The number of hydrogen-bond donors (Lipinski definition) is 1. The highest BCUT2D eigenvalue weighted by Crippen LogP contribution is 2.36. The molecule has 2 aromatic carbocycles. The highest BCUT2D eigenvalue weighted by Gasteiger charge is 2.24. The van der Waals surface area contributed by atoms with Gasteiger partial charge in [-0.1, -0.05) is 17.7 Å². The van der Waals surface area contributed by atoms with Crippen LogP contribution in [0.5, 0.6) is 5.75 Å². The quantitative estimate of drug-likeness (QED) is 0.857. The van der Waals surface area contributed by atoms with Crippen molar-refractivity contribution in [1.82, 2.24) is 0 Å². The van der Waals surface area contributed by atoms with Gasteiger partial charge >= 0.3 is 0 Å². The molecule has 0 saturated carbocycles. The third-order valence-corrected chi connectivity index (χ3v) is 3.89. The first-order chi connectivity index (χ1) is 10.0. The monoisotopic (exact) mass is 306 g/mol. The van der Waals surface area contributed by atoms with E-state index in [1.54, 1.807) is 18.2 Å². The minimum Gasteiger partial charge on any atom is -0.487 e. The second kappa shape index (κ2) is 5.45. The van der Waals surface area contributed by atoms with Crippen LogP contribution in [0.4, 0.5) is 15.8 Å². The van der Waals surface area contributed by atoms with Crippen molar-refractivity contribution in [2.75, 3.05) is 17.2 Å². The summed E-state index contributed by atoms with van der Waals surface area (Å²) in [6.45, 7) is 3.02. The van der Waals surface area contributed by atoms with Crippen LogP contribution in [0.1, 0.15) is 12.5 Å². The zero-order valence-corrected chi connectivity index (χ0v) is 12.4. The number of fused-ring (bicyclic) bond motifs is 1. The number of ether oxygens (including phenoxy) is 1. The lowest BCUT2D eigenvalue weighted by Gasteiger charge is -2.35. The average Bonchev–Trinajstić information content (AvgIpc) is 2.43. The fraction of sp³-hybridized carbons (Fsp3) is 0.250. The van der Waals surface area contributed by atoms with Gasteiger partial charge in [-0.15, -0.1) is 0 Å². The number of nitrogens with zero attached hydrogens (tertiary/aromatic N) is 1. The van der Waals surface area contributed by atoms with Gasteiger partial charge in [-0.25, -0.2) is 4.39 Å². The van der Waals surface area contributed by atoms with Crippen molar-refractivity contribution < 1.29 is 9.13 Å². The number of halogens is 2. The van der Waals surface area contributed by atoms with Gasteiger partial charge < -0.3 is 15.4 Å². The van der Waals surface area contributed by atoms with E-state index in [0.29, 0.717) is 29.4 Å². The van der Waals surface area contributed by atoms with E-state index in [0.717, 1.165) is 11.4 Å². The fourth-order valence-electron chi connectivity index (χ4n) is 2.57. The summed E-state index contributed by atoms with van der Waals surface area (Å²) >= 11 is 6.12. The normalized spacial score (nSPS) is 17.3. The van der Waals surface area contributed by atoms with Crippen LogP contribution in [-0.4, -0.2) is 12.6 Å². The zero-order chi connectivity index (χ0) is 15.0. The molecule has 21 heavy (non-hydrogen) atoms. The predicted molar refractivity (Wildman–Crippen MR) is 83.4 cm³/mol. The standard InChI is InChI=1S/C16H16ClFN2O/c1-10-8-20(9-12-13(17)3-2-4-14(12)18)15-7-11(19)5-6-16(15)21-10/h2-7,10H,8-9,19H2,1H3. The van der Waals surface area contributed by atoms with Crippen molar-refractivity contribution in [3.63, 3.8) is 0 Å². The molecule has 3 rings (SSSR count). The summed E-state index contributed by atoms with van der Waals surface area (Å²) in [6, 6.07) is 10.2. The highest BCUT2D eigenvalue weighted by molar-refractivity contribution is 6.31. The highest BCUT2D eigenvalue weighted by atomic mass is 35.5. The molecule has 1 aliphatic heterocycles. The maximum atomic E-state index is 14.0. The lowest BCUT2D eigenvalue weighted by atomic mass is 10.1. The largest absolute Gasteiger partial charge is 0.487 e. The van der Waals surface area contributed by atoms with Crippen LogP contribution in [0.3, 0.4) is 0 Å². The zero-order valence-electron chi connectivity index (χ0n) is 11.6. The first-order valence-corrected chi connectivity index (χ1v) is 7.16. The molecule has 1 atom stereocenters. The van der Waals surface area contributed by atoms with E-state index in [4.69, 9.17) is 22.1 Å². The second-order valence-electron chi connectivity index (χ2n) is 5.24. The maximum Gasteiger partial charge on any atom is 0.143 e. The molecule has 110 valence electrons. The van der Waals surface area contributed by atoms with Crippen LogP contribution < -0.4 is 15.4 Å². The summed E-state index contributed by atoms with van der Waals surface area (Å²) < 4.78 is 19.8. The van der Waals surface area contributed by atoms with E-state index in [-0.39, 0.29) is 11.9 Å². The first-order valence-electron chi connectivity index (χ1n) is 6.78. The average molecular weight is 307 g/mol. The Labute approximate surface area is 128 Å². The molecule has 0 amide bonds. The van der Waals surface area contributed by atoms with Crippen molar-refractivity contribution in [2.45, 2.75) is 19.6 Å². The molecule has 0 saturated heterocycles. The second-order valence-corrected chi connectivity index (χ2v) is 5.64. The minimum absolute atomic E-state index is 0.0201. The third kappa shape index (κ3) is 2.76. The Bertz CT molecular complexity index is 657. The van der Waals surface area contributed by atoms with Crippen molar-refractivity contribution >= 4 is 23.0 Å². The molecule has 0 spiro atoms. The van der Waals surface area contributed by atoms with E-state index in [1.165, 1.54) is 6.07 Å². The van der Waals surface area contributed by atoms with Crippen LogP contribution in [0, 0.1) is 5.82 Å². The Balaban J connectivity index is 1.98. The van der Waals surface area contributed by atoms with Gasteiger partial charge in [-0.2, -0.15) is 0 Å².